The Kier molecular flexibility index (Phi) is 4.48. The van der Waals surface area contributed by atoms with Crippen molar-refractivity contribution < 1.29 is 9.47 Å². The van der Waals surface area contributed by atoms with E-state index in [1.807, 2.05) is 6.92 Å². The predicted molar refractivity (Wildman–Crippen MR) is 54.3 cm³/mol. The quantitative estimate of drug-likeness (QED) is 0.505. The summed E-state index contributed by atoms with van der Waals surface area (Å²) in [5.74, 6) is 0. The van der Waals surface area contributed by atoms with Gasteiger partial charge in [0.2, 0.25) is 0 Å². The maximum absolute atomic E-state index is 10.5. The first-order chi connectivity index (χ1) is 6.70. The van der Waals surface area contributed by atoms with E-state index in [0.717, 1.165) is 25.7 Å². The molecule has 0 aromatic rings. The molecule has 4 heteroatoms. The molecule has 0 amide bonds. The summed E-state index contributed by atoms with van der Waals surface area (Å²) in [5, 5.41) is 3.18. The minimum Gasteiger partial charge on any atom is -0.382 e. The van der Waals surface area contributed by atoms with Gasteiger partial charge in [-0.3, -0.25) is 0 Å². The Balaban J connectivity index is 2.19. The van der Waals surface area contributed by atoms with Crippen molar-refractivity contribution in [3.63, 3.8) is 0 Å². The molecular formula is C10H19NO3. The van der Waals surface area contributed by atoms with Gasteiger partial charge in [-0.1, -0.05) is 5.18 Å². The van der Waals surface area contributed by atoms with Crippen LogP contribution < -0.4 is 0 Å². The van der Waals surface area contributed by atoms with Crippen LogP contribution in [0.3, 0.4) is 0 Å². The molecule has 0 radical (unpaired) electrons. The monoisotopic (exact) mass is 201 g/mol. The normalized spacial score (nSPS) is 32.9. The van der Waals surface area contributed by atoms with Gasteiger partial charge < -0.3 is 9.47 Å². The third-order valence-electron chi connectivity index (χ3n) is 2.87. The maximum atomic E-state index is 10.5. The van der Waals surface area contributed by atoms with Crippen LogP contribution in [0.1, 0.15) is 32.6 Å². The largest absolute Gasteiger partial charge is 0.382 e. The first-order valence-electron chi connectivity index (χ1n) is 5.15. The molecule has 1 rings (SSSR count). The van der Waals surface area contributed by atoms with Gasteiger partial charge in [-0.2, -0.15) is 4.91 Å². The number of nitrogens with zero attached hydrogens (tertiary/aromatic N) is 1. The summed E-state index contributed by atoms with van der Waals surface area (Å²) in [6.45, 7) is 3.21. The fraction of sp³-hybridized carbons (Fsp3) is 1.00. The van der Waals surface area contributed by atoms with E-state index in [1.165, 1.54) is 0 Å². The van der Waals surface area contributed by atoms with Gasteiger partial charge in [0, 0.05) is 7.11 Å². The first kappa shape index (κ1) is 11.6. The Morgan fingerprint density at radius 1 is 1.36 bits per heavy atom. The van der Waals surface area contributed by atoms with Gasteiger partial charge in [0.25, 0.3) is 0 Å². The molecule has 0 aromatic heterocycles. The molecule has 0 aromatic carbocycles. The summed E-state index contributed by atoms with van der Waals surface area (Å²) in [4.78, 5) is 10.5. The molecule has 0 spiro atoms. The van der Waals surface area contributed by atoms with Gasteiger partial charge >= 0.3 is 0 Å². The van der Waals surface area contributed by atoms with Crippen LogP contribution in [0.2, 0.25) is 0 Å². The molecule has 4 nitrogen and oxygen atoms in total. The smallest absolute Gasteiger partial charge is 0.100 e. The highest BCUT2D eigenvalue weighted by atomic mass is 16.5. The zero-order valence-electron chi connectivity index (χ0n) is 8.99. The fourth-order valence-electron chi connectivity index (χ4n) is 1.77. The lowest BCUT2D eigenvalue weighted by atomic mass is 9.83. The van der Waals surface area contributed by atoms with Crippen molar-refractivity contribution in [2.75, 3.05) is 20.3 Å². The van der Waals surface area contributed by atoms with E-state index in [2.05, 4.69) is 5.18 Å². The topological polar surface area (TPSA) is 47.9 Å². The zero-order chi connectivity index (χ0) is 10.4. The predicted octanol–water partition coefficient (Wildman–Crippen LogP) is 2.12. The molecule has 0 aliphatic heterocycles. The Hall–Kier alpha value is -0.480. The Bertz CT molecular complexity index is 176. The van der Waals surface area contributed by atoms with Crippen molar-refractivity contribution in [1.82, 2.24) is 0 Å². The maximum Gasteiger partial charge on any atom is 0.100 e. The standard InChI is InChI=1S/C10H19NO3/c1-10(11-12)5-3-9(4-6-10)14-8-7-13-2/h9H,3-8H2,1-2H3. The molecule has 1 saturated carbocycles. The van der Waals surface area contributed by atoms with E-state index in [9.17, 15) is 4.91 Å². The third kappa shape index (κ3) is 3.35. The van der Waals surface area contributed by atoms with Crippen LogP contribution in [0.15, 0.2) is 5.18 Å². The van der Waals surface area contributed by atoms with E-state index in [0.29, 0.717) is 19.3 Å². The van der Waals surface area contributed by atoms with Gasteiger partial charge in [0.15, 0.2) is 0 Å². The highest BCUT2D eigenvalue weighted by Crippen LogP contribution is 2.32. The van der Waals surface area contributed by atoms with Crippen LogP contribution >= 0.6 is 0 Å². The van der Waals surface area contributed by atoms with E-state index in [1.54, 1.807) is 7.11 Å². The van der Waals surface area contributed by atoms with Crippen molar-refractivity contribution in [1.29, 1.82) is 0 Å². The lowest BCUT2D eigenvalue weighted by Gasteiger charge is -2.31. The van der Waals surface area contributed by atoms with Crippen LogP contribution in [-0.4, -0.2) is 32.0 Å². The Morgan fingerprint density at radius 2 is 2.00 bits per heavy atom. The van der Waals surface area contributed by atoms with Crippen molar-refractivity contribution in [2.24, 2.45) is 5.18 Å². The lowest BCUT2D eigenvalue weighted by molar-refractivity contribution is -0.00913. The summed E-state index contributed by atoms with van der Waals surface area (Å²) in [7, 11) is 1.66. The second-order valence-electron chi connectivity index (χ2n) is 4.15. The summed E-state index contributed by atoms with van der Waals surface area (Å²) >= 11 is 0. The van der Waals surface area contributed by atoms with Gasteiger partial charge in [-0.25, -0.2) is 0 Å². The van der Waals surface area contributed by atoms with Crippen molar-refractivity contribution in [2.45, 2.75) is 44.2 Å². The highest BCUT2D eigenvalue weighted by Gasteiger charge is 2.32. The molecule has 0 heterocycles. The van der Waals surface area contributed by atoms with Crippen LogP contribution in [0.25, 0.3) is 0 Å². The second-order valence-corrected chi connectivity index (χ2v) is 4.15. The van der Waals surface area contributed by atoms with Crippen LogP contribution in [0.5, 0.6) is 0 Å². The van der Waals surface area contributed by atoms with Crippen LogP contribution in [-0.2, 0) is 9.47 Å². The molecule has 1 fully saturated rings. The summed E-state index contributed by atoms with van der Waals surface area (Å²) in [6, 6.07) is 0. The molecule has 1 aliphatic rings. The summed E-state index contributed by atoms with van der Waals surface area (Å²) < 4.78 is 10.5. The van der Waals surface area contributed by atoms with Crippen molar-refractivity contribution in [3.8, 4) is 0 Å². The highest BCUT2D eigenvalue weighted by molar-refractivity contribution is 4.88. The van der Waals surface area contributed by atoms with Crippen molar-refractivity contribution >= 4 is 0 Å². The minimum atomic E-state index is -0.346. The minimum absolute atomic E-state index is 0.292. The number of hydrogen-bond donors (Lipinski definition) is 0. The van der Waals surface area contributed by atoms with E-state index < -0.39 is 0 Å². The molecule has 82 valence electrons. The van der Waals surface area contributed by atoms with E-state index in [4.69, 9.17) is 9.47 Å². The fourth-order valence-corrected chi connectivity index (χ4v) is 1.77. The molecule has 14 heavy (non-hydrogen) atoms. The molecule has 0 bridgehead atoms. The Morgan fingerprint density at radius 3 is 2.50 bits per heavy atom. The van der Waals surface area contributed by atoms with Crippen molar-refractivity contribution in [3.05, 3.63) is 4.91 Å². The Labute approximate surface area is 84.9 Å². The molecule has 0 unspecified atom stereocenters. The van der Waals surface area contributed by atoms with Crippen LogP contribution in [0, 0.1) is 4.91 Å². The summed E-state index contributed by atoms with van der Waals surface area (Å²) in [5.41, 5.74) is -0.346. The van der Waals surface area contributed by atoms with E-state index >= 15 is 0 Å². The number of methoxy groups -OCH3 is 1. The average Bonchev–Trinajstić information content (AvgIpc) is 2.22. The lowest BCUT2D eigenvalue weighted by Crippen LogP contribution is -2.32. The molecule has 0 N–H and O–H groups in total. The summed E-state index contributed by atoms with van der Waals surface area (Å²) in [6.07, 6.45) is 3.85. The zero-order valence-corrected chi connectivity index (χ0v) is 8.99. The van der Waals surface area contributed by atoms with Gasteiger partial charge in [0.05, 0.1) is 19.3 Å². The average molecular weight is 201 g/mol. The number of rotatable bonds is 5. The van der Waals surface area contributed by atoms with Gasteiger partial charge in [-0.15, -0.1) is 0 Å². The third-order valence-corrected chi connectivity index (χ3v) is 2.87. The van der Waals surface area contributed by atoms with Gasteiger partial charge in [-0.05, 0) is 32.6 Å². The molecule has 1 aliphatic carbocycles. The second kappa shape index (κ2) is 5.41. The first-order valence-corrected chi connectivity index (χ1v) is 5.15. The van der Waals surface area contributed by atoms with E-state index in [-0.39, 0.29) is 5.54 Å². The van der Waals surface area contributed by atoms with Gasteiger partial charge in [0.1, 0.15) is 5.54 Å². The number of nitroso groups, excluding NO2 is 1. The molecule has 0 atom stereocenters. The van der Waals surface area contributed by atoms with Crippen LogP contribution in [0.4, 0.5) is 0 Å². The molecular weight excluding hydrogens is 182 g/mol. The molecule has 0 saturated heterocycles. The number of ether oxygens (including phenoxy) is 2. The SMILES string of the molecule is COCCOC1CCC(C)(N=O)CC1. The number of hydrogen-bond acceptors (Lipinski definition) is 4.